The maximum Gasteiger partial charge on any atom is 0.161 e. The maximum atomic E-state index is 5.82. The number of ether oxygens (including phenoxy) is 4. The Bertz CT molecular complexity index is 418. The van der Waals surface area contributed by atoms with Gasteiger partial charge in [-0.05, 0) is 31.5 Å². The molecule has 0 amide bonds. The van der Waals surface area contributed by atoms with E-state index in [1.807, 2.05) is 32.0 Å². The summed E-state index contributed by atoms with van der Waals surface area (Å²) in [6.45, 7) is 11.9. The van der Waals surface area contributed by atoms with Crippen LogP contribution in [0.3, 0.4) is 0 Å². The van der Waals surface area contributed by atoms with Crippen molar-refractivity contribution in [3.05, 3.63) is 30.3 Å². The summed E-state index contributed by atoms with van der Waals surface area (Å²) in [5.74, 6) is 1.52. The van der Waals surface area contributed by atoms with Gasteiger partial charge >= 0.3 is 0 Å². The first kappa shape index (κ1) is 18.5. The van der Waals surface area contributed by atoms with Gasteiger partial charge in [-0.15, -0.1) is 0 Å². The second-order valence-corrected chi connectivity index (χ2v) is 4.71. The van der Waals surface area contributed by atoms with Crippen molar-refractivity contribution in [1.29, 1.82) is 0 Å². The van der Waals surface area contributed by atoms with Crippen LogP contribution in [0.5, 0.6) is 11.5 Å². The fraction of sp³-hybridized carbons (Fsp3) is 0.556. The van der Waals surface area contributed by atoms with Crippen LogP contribution in [-0.2, 0) is 9.47 Å². The molecule has 1 aromatic carbocycles. The SMILES string of the molecule is C=Cc1ccc(OCCCOCC)c(OCCCOCC)c1. The first-order valence-electron chi connectivity index (χ1n) is 7.99. The molecule has 1 rings (SSSR count). The lowest BCUT2D eigenvalue weighted by molar-refractivity contribution is 0.125. The largest absolute Gasteiger partial charge is 0.490 e. The van der Waals surface area contributed by atoms with Gasteiger partial charge in [-0.3, -0.25) is 0 Å². The predicted octanol–water partition coefficient (Wildman–Crippen LogP) is 3.94. The molecule has 22 heavy (non-hydrogen) atoms. The zero-order valence-electron chi connectivity index (χ0n) is 13.8. The van der Waals surface area contributed by atoms with E-state index in [0.29, 0.717) is 26.4 Å². The van der Waals surface area contributed by atoms with Gasteiger partial charge in [0.1, 0.15) is 0 Å². The first-order valence-corrected chi connectivity index (χ1v) is 7.99. The average Bonchev–Trinajstić information content (AvgIpc) is 2.55. The highest BCUT2D eigenvalue weighted by molar-refractivity contribution is 5.54. The van der Waals surface area contributed by atoms with Gasteiger partial charge in [0.25, 0.3) is 0 Å². The summed E-state index contributed by atoms with van der Waals surface area (Å²) >= 11 is 0. The normalized spacial score (nSPS) is 10.5. The molecule has 0 saturated heterocycles. The molecule has 0 fully saturated rings. The average molecular weight is 308 g/mol. The van der Waals surface area contributed by atoms with Crippen LogP contribution in [0, 0.1) is 0 Å². The van der Waals surface area contributed by atoms with Crippen LogP contribution in [0.2, 0.25) is 0 Å². The van der Waals surface area contributed by atoms with Gasteiger partial charge in [-0.1, -0.05) is 18.7 Å². The molecule has 0 aromatic heterocycles. The highest BCUT2D eigenvalue weighted by atomic mass is 16.5. The Hall–Kier alpha value is -1.52. The molecule has 0 aliphatic heterocycles. The topological polar surface area (TPSA) is 36.9 Å². The van der Waals surface area contributed by atoms with E-state index in [1.165, 1.54) is 0 Å². The minimum atomic E-state index is 0.607. The highest BCUT2D eigenvalue weighted by Gasteiger charge is 2.06. The molecule has 124 valence electrons. The zero-order chi connectivity index (χ0) is 16.0. The van der Waals surface area contributed by atoms with Crippen LogP contribution in [0.25, 0.3) is 6.08 Å². The lowest BCUT2D eigenvalue weighted by Gasteiger charge is -2.13. The van der Waals surface area contributed by atoms with Gasteiger partial charge in [-0.2, -0.15) is 0 Å². The first-order chi connectivity index (χ1) is 10.8. The third-order valence-electron chi connectivity index (χ3n) is 2.99. The van der Waals surface area contributed by atoms with Gasteiger partial charge in [0.05, 0.1) is 13.2 Å². The van der Waals surface area contributed by atoms with Crippen LogP contribution in [0.15, 0.2) is 24.8 Å². The molecule has 0 unspecified atom stereocenters. The third kappa shape index (κ3) is 7.48. The van der Waals surface area contributed by atoms with E-state index >= 15 is 0 Å². The predicted molar refractivity (Wildman–Crippen MR) is 89.7 cm³/mol. The van der Waals surface area contributed by atoms with Crippen molar-refractivity contribution in [1.82, 2.24) is 0 Å². The molecule has 1 aromatic rings. The smallest absolute Gasteiger partial charge is 0.161 e. The zero-order valence-corrected chi connectivity index (χ0v) is 13.8. The summed E-state index contributed by atoms with van der Waals surface area (Å²) in [5, 5.41) is 0. The minimum absolute atomic E-state index is 0.607. The lowest BCUT2D eigenvalue weighted by atomic mass is 10.2. The summed E-state index contributed by atoms with van der Waals surface area (Å²) < 4.78 is 22.2. The fourth-order valence-corrected chi connectivity index (χ4v) is 1.86. The molecule has 0 aliphatic rings. The molecule has 0 spiro atoms. The summed E-state index contributed by atoms with van der Waals surface area (Å²) in [6.07, 6.45) is 3.52. The van der Waals surface area contributed by atoms with E-state index < -0.39 is 0 Å². The monoisotopic (exact) mass is 308 g/mol. The molecule has 0 saturated carbocycles. The molecule has 4 nitrogen and oxygen atoms in total. The lowest BCUT2D eigenvalue weighted by Crippen LogP contribution is -2.06. The summed E-state index contributed by atoms with van der Waals surface area (Å²) in [5.41, 5.74) is 1.02. The van der Waals surface area contributed by atoms with Gasteiger partial charge in [0.15, 0.2) is 11.5 Å². The number of benzene rings is 1. The van der Waals surface area contributed by atoms with Crippen molar-refractivity contribution in [3.8, 4) is 11.5 Å². The molecular weight excluding hydrogens is 280 g/mol. The Morgan fingerprint density at radius 1 is 0.864 bits per heavy atom. The standard InChI is InChI=1S/C18H28O4/c1-4-16-9-10-17(21-13-7-11-19-5-2)18(15-16)22-14-8-12-20-6-3/h4,9-10,15H,1,5-8,11-14H2,2-3H3. The number of hydrogen-bond acceptors (Lipinski definition) is 4. The van der Waals surface area contributed by atoms with E-state index in [4.69, 9.17) is 18.9 Å². The van der Waals surface area contributed by atoms with Crippen molar-refractivity contribution >= 4 is 6.08 Å². The van der Waals surface area contributed by atoms with Crippen LogP contribution < -0.4 is 9.47 Å². The van der Waals surface area contributed by atoms with E-state index in [9.17, 15) is 0 Å². The van der Waals surface area contributed by atoms with Gasteiger partial charge in [0.2, 0.25) is 0 Å². The molecule has 0 N–H and O–H groups in total. The summed E-state index contributed by atoms with van der Waals surface area (Å²) in [7, 11) is 0. The molecule has 0 radical (unpaired) electrons. The van der Waals surface area contributed by atoms with Crippen molar-refractivity contribution < 1.29 is 18.9 Å². The second-order valence-electron chi connectivity index (χ2n) is 4.71. The van der Waals surface area contributed by atoms with E-state index in [-0.39, 0.29) is 0 Å². The summed E-state index contributed by atoms with van der Waals surface area (Å²) in [6, 6.07) is 5.85. The minimum Gasteiger partial charge on any atom is -0.490 e. The van der Waals surface area contributed by atoms with Crippen LogP contribution >= 0.6 is 0 Å². The van der Waals surface area contributed by atoms with E-state index in [0.717, 1.165) is 43.1 Å². The summed E-state index contributed by atoms with van der Waals surface area (Å²) in [4.78, 5) is 0. The van der Waals surface area contributed by atoms with Crippen LogP contribution in [0.4, 0.5) is 0 Å². The molecule has 0 heterocycles. The Labute approximate surface area is 134 Å². The van der Waals surface area contributed by atoms with Crippen LogP contribution in [-0.4, -0.2) is 39.6 Å². The fourth-order valence-electron chi connectivity index (χ4n) is 1.86. The van der Waals surface area contributed by atoms with E-state index in [2.05, 4.69) is 6.58 Å². The number of rotatable bonds is 13. The molecular formula is C18H28O4. The van der Waals surface area contributed by atoms with Crippen molar-refractivity contribution in [2.75, 3.05) is 39.6 Å². The molecule has 0 bridgehead atoms. The number of hydrogen-bond donors (Lipinski definition) is 0. The quantitative estimate of drug-likeness (QED) is 0.517. The molecule has 0 atom stereocenters. The van der Waals surface area contributed by atoms with E-state index in [1.54, 1.807) is 6.08 Å². The van der Waals surface area contributed by atoms with Crippen molar-refractivity contribution in [2.45, 2.75) is 26.7 Å². The Morgan fingerprint density at radius 3 is 2.00 bits per heavy atom. The molecule has 4 heteroatoms. The van der Waals surface area contributed by atoms with Gasteiger partial charge in [-0.25, -0.2) is 0 Å². The third-order valence-corrected chi connectivity index (χ3v) is 2.99. The maximum absolute atomic E-state index is 5.82. The highest BCUT2D eigenvalue weighted by Crippen LogP contribution is 2.29. The second kappa shape index (κ2) is 12.1. The van der Waals surface area contributed by atoms with Crippen LogP contribution in [0.1, 0.15) is 32.3 Å². The van der Waals surface area contributed by atoms with Gasteiger partial charge < -0.3 is 18.9 Å². The van der Waals surface area contributed by atoms with Crippen molar-refractivity contribution in [3.63, 3.8) is 0 Å². The Morgan fingerprint density at radius 2 is 1.45 bits per heavy atom. The molecule has 0 aliphatic carbocycles. The van der Waals surface area contributed by atoms with Crippen molar-refractivity contribution in [2.24, 2.45) is 0 Å². The Balaban J connectivity index is 2.48. The van der Waals surface area contributed by atoms with Gasteiger partial charge in [0, 0.05) is 39.3 Å². The Kier molecular flexibility index (Phi) is 10.2.